The molecule has 0 saturated heterocycles. The molecule has 0 aromatic heterocycles. The topological polar surface area (TPSA) is 69.6 Å². The smallest absolute Gasteiger partial charge is 0.317 e. The molecule has 114 valence electrons. The van der Waals surface area contributed by atoms with E-state index >= 15 is 0 Å². The summed E-state index contributed by atoms with van der Waals surface area (Å²) in [7, 11) is 0. The number of amides is 2. The van der Waals surface area contributed by atoms with Gasteiger partial charge in [0.25, 0.3) is 0 Å². The van der Waals surface area contributed by atoms with Gasteiger partial charge in [0.15, 0.2) is 0 Å². The van der Waals surface area contributed by atoms with Gasteiger partial charge in [-0.15, -0.1) is 0 Å². The van der Waals surface area contributed by atoms with Gasteiger partial charge in [0.1, 0.15) is 0 Å². The second-order valence-corrected chi connectivity index (χ2v) is 6.12. The molecule has 5 nitrogen and oxygen atoms in total. The minimum atomic E-state index is -0.776. The van der Waals surface area contributed by atoms with Crippen molar-refractivity contribution in [2.24, 2.45) is 11.8 Å². The first-order chi connectivity index (χ1) is 9.61. The maximum absolute atomic E-state index is 12.3. The van der Waals surface area contributed by atoms with Crippen LogP contribution in [0.4, 0.5) is 4.79 Å². The van der Waals surface area contributed by atoms with Crippen molar-refractivity contribution >= 4 is 12.0 Å². The van der Waals surface area contributed by atoms with Crippen molar-refractivity contribution in [3.63, 3.8) is 0 Å². The molecule has 2 fully saturated rings. The van der Waals surface area contributed by atoms with Crippen molar-refractivity contribution in [2.45, 2.75) is 57.9 Å². The number of nitrogens with one attached hydrogen (secondary N) is 1. The summed E-state index contributed by atoms with van der Waals surface area (Å²) in [6.45, 7) is 3.48. The number of rotatable bonds is 5. The van der Waals surface area contributed by atoms with E-state index in [-0.39, 0.29) is 12.1 Å². The summed E-state index contributed by atoms with van der Waals surface area (Å²) >= 11 is 0. The van der Waals surface area contributed by atoms with Crippen LogP contribution in [0.3, 0.4) is 0 Å². The highest BCUT2D eigenvalue weighted by atomic mass is 16.4. The molecule has 0 spiro atoms. The number of hydrogen-bond donors (Lipinski definition) is 2. The molecule has 0 aromatic rings. The fourth-order valence-electron chi connectivity index (χ4n) is 2.99. The second-order valence-electron chi connectivity index (χ2n) is 6.12. The lowest BCUT2D eigenvalue weighted by molar-refractivity contribution is -0.142. The van der Waals surface area contributed by atoms with Gasteiger partial charge < -0.3 is 15.3 Å². The Labute approximate surface area is 120 Å². The van der Waals surface area contributed by atoms with Crippen molar-refractivity contribution in [1.29, 1.82) is 0 Å². The molecule has 0 aliphatic heterocycles. The van der Waals surface area contributed by atoms with Gasteiger partial charge in [-0.05, 0) is 38.5 Å². The Morgan fingerprint density at radius 1 is 1.15 bits per heavy atom. The molecule has 2 N–H and O–H groups in total. The van der Waals surface area contributed by atoms with E-state index < -0.39 is 11.9 Å². The summed E-state index contributed by atoms with van der Waals surface area (Å²) in [6.07, 6.45) is 6.90. The molecule has 2 aliphatic carbocycles. The van der Waals surface area contributed by atoms with Gasteiger partial charge >= 0.3 is 12.0 Å². The fraction of sp³-hybridized carbons (Fsp3) is 0.867. The van der Waals surface area contributed by atoms with E-state index in [0.717, 1.165) is 32.2 Å². The van der Waals surface area contributed by atoms with Gasteiger partial charge in [-0.3, -0.25) is 4.79 Å². The van der Waals surface area contributed by atoms with Crippen LogP contribution in [0.2, 0.25) is 0 Å². The van der Waals surface area contributed by atoms with E-state index in [4.69, 9.17) is 0 Å². The molecule has 5 heteroatoms. The normalized spacial score (nSPS) is 26.6. The van der Waals surface area contributed by atoms with Crippen LogP contribution in [-0.2, 0) is 4.79 Å². The zero-order chi connectivity index (χ0) is 14.5. The predicted molar refractivity (Wildman–Crippen MR) is 76.5 cm³/mol. The summed E-state index contributed by atoms with van der Waals surface area (Å²) < 4.78 is 0. The van der Waals surface area contributed by atoms with Crippen LogP contribution in [0.5, 0.6) is 0 Å². The van der Waals surface area contributed by atoms with E-state index in [2.05, 4.69) is 5.32 Å². The van der Waals surface area contributed by atoms with Gasteiger partial charge in [0, 0.05) is 19.1 Å². The molecular weight excluding hydrogens is 256 g/mol. The highest BCUT2D eigenvalue weighted by molar-refractivity contribution is 5.77. The molecule has 2 amide bonds. The Morgan fingerprint density at radius 2 is 1.85 bits per heavy atom. The molecule has 0 radical (unpaired) electrons. The molecule has 2 aliphatic rings. The Bertz CT molecular complexity index is 355. The molecule has 0 heterocycles. The van der Waals surface area contributed by atoms with Crippen LogP contribution >= 0.6 is 0 Å². The number of carboxylic acids is 1. The van der Waals surface area contributed by atoms with Crippen LogP contribution in [-0.4, -0.2) is 41.1 Å². The fourth-order valence-corrected chi connectivity index (χ4v) is 2.99. The number of nitrogens with zero attached hydrogens (tertiary/aromatic N) is 1. The number of carbonyl (C=O) groups is 2. The molecule has 0 aromatic carbocycles. The average molecular weight is 282 g/mol. The third kappa shape index (κ3) is 4.12. The van der Waals surface area contributed by atoms with Gasteiger partial charge in [0.2, 0.25) is 0 Å². The van der Waals surface area contributed by atoms with Gasteiger partial charge in [0.05, 0.1) is 5.92 Å². The van der Waals surface area contributed by atoms with Crippen molar-refractivity contribution in [2.75, 3.05) is 13.1 Å². The van der Waals surface area contributed by atoms with E-state index in [1.807, 2.05) is 11.8 Å². The van der Waals surface area contributed by atoms with Crippen LogP contribution in [0, 0.1) is 11.8 Å². The van der Waals surface area contributed by atoms with Gasteiger partial charge in [-0.1, -0.05) is 19.3 Å². The average Bonchev–Trinajstić information content (AvgIpc) is 3.22. The monoisotopic (exact) mass is 282 g/mol. The predicted octanol–water partition coefficient (Wildman–Crippen LogP) is 2.46. The lowest BCUT2D eigenvalue weighted by Gasteiger charge is -2.28. The maximum atomic E-state index is 12.3. The van der Waals surface area contributed by atoms with Crippen molar-refractivity contribution in [3.8, 4) is 0 Å². The second kappa shape index (κ2) is 6.95. The standard InChI is InChI=1S/C15H26N2O3/c1-2-17(10-11-8-9-11)15(20)16-13-7-5-3-4-6-12(13)14(18)19/h11-13H,2-10H2,1H3,(H,16,20)(H,18,19). The molecular formula is C15H26N2O3. The summed E-state index contributed by atoms with van der Waals surface area (Å²) in [4.78, 5) is 25.5. The minimum absolute atomic E-state index is 0.0856. The molecule has 2 unspecified atom stereocenters. The number of hydrogen-bond acceptors (Lipinski definition) is 2. The van der Waals surface area contributed by atoms with Crippen molar-refractivity contribution < 1.29 is 14.7 Å². The quantitative estimate of drug-likeness (QED) is 0.761. The summed E-state index contributed by atoms with van der Waals surface area (Å²) in [5.41, 5.74) is 0. The molecule has 2 rings (SSSR count). The van der Waals surface area contributed by atoms with E-state index in [1.165, 1.54) is 12.8 Å². The molecule has 2 atom stereocenters. The largest absolute Gasteiger partial charge is 0.481 e. The lowest BCUT2D eigenvalue weighted by Crippen LogP contribution is -2.49. The first kappa shape index (κ1) is 15.1. The highest BCUT2D eigenvalue weighted by Gasteiger charge is 2.32. The maximum Gasteiger partial charge on any atom is 0.317 e. The van der Waals surface area contributed by atoms with E-state index in [0.29, 0.717) is 18.9 Å². The van der Waals surface area contributed by atoms with Crippen molar-refractivity contribution in [1.82, 2.24) is 10.2 Å². The van der Waals surface area contributed by atoms with Crippen molar-refractivity contribution in [3.05, 3.63) is 0 Å². The first-order valence-electron chi connectivity index (χ1n) is 7.90. The van der Waals surface area contributed by atoms with Crippen LogP contribution in [0.1, 0.15) is 51.9 Å². The zero-order valence-electron chi connectivity index (χ0n) is 12.3. The molecule has 2 saturated carbocycles. The van der Waals surface area contributed by atoms with Gasteiger partial charge in [-0.2, -0.15) is 0 Å². The first-order valence-corrected chi connectivity index (χ1v) is 7.90. The van der Waals surface area contributed by atoms with Crippen LogP contribution in [0.25, 0.3) is 0 Å². The number of aliphatic carboxylic acids is 1. The SMILES string of the molecule is CCN(CC1CC1)C(=O)NC1CCCCCC1C(=O)O. The van der Waals surface area contributed by atoms with E-state index in [1.54, 1.807) is 0 Å². The number of carboxylic acid groups (broad SMARTS) is 1. The van der Waals surface area contributed by atoms with Gasteiger partial charge in [-0.25, -0.2) is 4.79 Å². The lowest BCUT2D eigenvalue weighted by atomic mass is 9.95. The summed E-state index contributed by atoms with van der Waals surface area (Å²) in [6, 6.07) is -0.298. The Balaban J connectivity index is 1.93. The molecule has 20 heavy (non-hydrogen) atoms. The summed E-state index contributed by atoms with van der Waals surface area (Å²) in [5, 5.41) is 12.3. The van der Waals surface area contributed by atoms with Crippen LogP contribution < -0.4 is 5.32 Å². The third-order valence-corrected chi connectivity index (χ3v) is 4.49. The number of urea groups is 1. The Morgan fingerprint density at radius 3 is 2.45 bits per heavy atom. The minimum Gasteiger partial charge on any atom is -0.481 e. The Hall–Kier alpha value is -1.26. The summed E-state index contributed by atoms with van der Waals surface area (Å²) in [5.74, 6) is -0.548. The zero-order valence-corrected chi connectivity index (χ0v) is 12.3. The molecule has 0 bridgehead atoms. The highest BCUT2D eigenvalue weighted by Crippen LogP contribution is 2.30. The third-order valence-electron chi connectivity index (χ3n) is 4.49. The number of carbonyl (C=O) groups excluding carboxylic acids is 1. The van der Waals surface area contributed by atoms with Crippen LogP contribution in [0.15, 0.2) is 0 Å². The van der Waals surface area contributed by atoms with E-state index in [9.17, 15) is 14.7 Å². The Kier molecular flexibility index (Phi) is 5.26.